The van der Waals surface area contributed by atoms with Crippen molar-refractivity contribution in [3.8, 4) is 5.75 Å². The molecular weight excluding hydrogens is 840 g/mol. The van der Waals surface area contributed by atoms with E-state index in [4.69, 9.17) is 21.3 Å². The van der Waals surface area contributed by atoms with E-state index in [2.05, 4.69) is 35.6 Å². The number of hydrogen-bond acceptors (Lipinski definition) is 13. The van der Waals surface area contributed by atoms with Crippen molar-refractivity contribution in [3.05, 3.63) is 80.7 Å². The zero-order valence-electron chi connectivity index (χ0n) is 36.3. The molecule has 0 radical (unpaired) electrons. The number of amides is 5. The maximum Gasteiger partial charge on any atom is 0.293 e. The molecule has 1 aliphatic carbocycles. The van der Waals surface area contributed by atoms with Crippen LogP contribution in [0.25, 0.3) is 10.9 Å². The number of carbonyl (C=O) groups is 5. The number of carbonyl (C=O) groups excluding carboxylic acids is 5. The summed E-state index contributed by atoms with van der Waals surface area (Å²) in [6.45, 7) is 10.0. The Hall–Kier alpha value is -5.91. The van der Waals surface area contributed by atoms with E-state index in [1.54, 1.807) is 22.9 Å². The summed E-state index contributed by atoms with van der Waals surface area (Å²) in [5.74, 6) is -0.130. The Morgan fingerprint density at radius 3 is 2.39 bits per heavy atom. The number of nitrogens with zero attached hydrogens (tertiary/aromatic N) is 7. The smallest absolute Gasteiger partial charge is 0.293 e. The highest BCUT2D eigenvalue weighted by atomic mass is 35.5. The van der Waals surface area contributed by atoms with Gasteiger partial charge in [0.25, 0.3) is 23.3 Å². The van der Waals surface area contributed by atoms with Crippen LogP contribution in [0.3, 0.4) is 0 Å². The molecule has 9 rings (SSSR count). The van der Waals surface area contributed by atoms with Crippen LogP contribution >= 0.6 is 11.6 Å². The van der Waals surface area contributed by atoms with E-state index in [1.807, 2.05) is 44.2 Å². The standard InChI is InChI=1S/C46H53ClN10O7/c1-26(2)56-36-7-5-31(20-30(36)22-38(45(56)63)64-25-40(59)48-3)50-41-35(47)23-49-46(52-41)55-16-14-53(15-17-55)24-27-18-32(19-27)54-12-10-28(11-13-54)29-4-6-33-34(21-29)44(62)57(43(33)61)37-8-9-39(58)51-42(37)60/h4-7,20-23,26-28,32,37H,8-19,24-25H2,1-3H3,(H,48,59)(H,49,50,52)(H,51,58,60)/t27-,32-,37?. The number of pyridine rings is 1. The van der Waals surface area contributed by atoms with Crippen LogP contribution in [0.5, 0.6) is 5.75 Å². The molecule has 17 nitrogen and oxygen atoms in total. The number of likely N-dealkylation sites (tertiary alicyclic amines) is 1. The van der Waals surface area contributed by atoms with Crippen molar-refractivity contribution >= 4 is 69.5 Å². The summed E-state index contributed by atoms with van der Waals surface area (Å²) in [5.41, 5.74) is 2.87. The van der Waals surface area contributed by atoms with Crippen LogP contribution in [-0.4, -0.2) is 130 Å². The first-order valence-electron chi connectivity index (χ1n) is 22.2. The minimum atomic E-state index is -0.963. The van der Waals surface area contributed by atoms with Gasteiger partial charge >= 0.3 is 0 Å². The summed E-state index contributed by atoms with van der Waals surface area (Å²) >= 11 is 6.61. The molecule has 4 aliphatic heterocycles. The first-order chi connectivity index (χ1) is 30.8. The third kappa shape index (κ3) is 8.55. The number of nitrogens with one attached hydrogen (secondary N) is 3. The lowest BCUT2D eigenvalue weighted by Gasteiger charge is -2.47. The van der Waals surface area contributed by atoms with E-state index in [-0.39, 0.29) is 48.6 Å². The molecule has 5 aliphatic rings. The lowest BCUT2D eigenvalue weighted by Crippen LogP contribution is -2.54. The fraction of sp³-hybridized carbons (Fsp3) is 0.478. The second-order valence-corrected chi connectivity index (χ2v) is 18.3. The summed E-state index contributed by atoms with van der Waals surface area (Å²) in [6.07, 6.45) is 6.18. The first kappa shape index (κ1) is 43.3. The van der Waals surface area contributed by atoms with E-state index in [0.717, 1.165) is 85.7 Å². The van der Waals surface area contributed by atoms with Gasteiger partial charge in [-0.15, -0.1) is 0 Å². The van der Waals surface area contributed by atoms with Crippen molar-refractivity contribution in [1.29, 1.82) is 0 Å². The number of anilines is 3. The second kappa shape index (κ2) is 17.9. The first-order valence-corrected chi connectivity index (χ1v) is 22.6. The topological polar surface area (TPSA) is 191 Å². The maximum absolute atomic E-state index is 13.4. The van der Waals surface area contributed by atoms with E-state index in [1.165, 1.54) is 19.9 Å². The molecule has 5 amide bonds. The molecule has 1 saturated carbocycles. The van der Waals surface area contributed by atoms with E-state index in [9.17, 15) is 28.8 Å². The molecule has 3 N–H and O–H groups in total. The lowest BCUT2D eigenvalue weighted by molar-refractivity contribution is -0.136. The van der Waals surface area contributed by atoms with Crippen molar-refractivity contribution in [1.82, 2.24) is 39.9 Å². The SMILES string of the molecule is CNC(=O)COc1cc2cc(Nc3nc(N4CCN(C[C@H]5C[C@H](N6CCC(c7ccc8c(c7)C(=O)N(C7CCC(=O)NC7=O)C8=O)CC6)C5)CC4)ncc3Cl)ccc2n(C(C)C)c1=O. The Bertz CT molecular complexity index is 2580. The molecule has 4 aromatic rings. The zero-order chi connectivity index (χ0) is 44.8. The molecule has 4 fully saturated rings. The largest absolute Gasteiger partial charge is 0.478 e. The van der Waals surface area contributed by atoms with Crippen molar-refractivity contribution in [2.24, 2.45) is 5.92 Å². The lowest BCUT2D eigenvalue weighted by atomic mass is 9.77. The number of piperidine rings is 2. The van der Waals surface area contributed by atoms with Gasteiger partial charge in [0.05, 0.1) is 22.8 Å². The van der Waals surface area contributed by atoms with Gasteiger partial charge in [0.1, 0.15) is 11.1 Å². The number of ether oxygens (including phenoxy) is 1. The molecule has 0 spiro atoms. The summed E-state index contributed by atoms with van der Waals surface area (Å²) in [6, 6.07) is 12.3. The zero-order valence-corrected chi connectivity index (χ0v) is 37.0. The third-order valence-corrected chi connectivity index (χ3v) is 13.8. The number of hydrogen-bond donors (Lipinski definition) is 3. The van der Waals surface area contributed by atoms with E-state index < -0.39 is 23.8 Å². The van der Waals surface area contributed by atoms with Crippen LogP contribution < -0.4 is 31.1 Å². The number of fused-ring (bicyclic) bond motifs is 2. The van der Waals surface area contributed by atoms with E-state index >= 15 is 0 Å². The Labute approximate surface area is 375 Å². The molecule has 0 bridgehead atoms. The highest BCUT2D eigenvalue weighted by Crippen LogP contribution is 2.39. The molecule has 1 atom stereocenters. The quantitative estimate of drug-likeness (QED) is 0.173. The van der Waals surface area contributed by atoms with Gasteiger partial charge < -0.3 is 29.7 Å². The van der Waals surface area contributed by atoms with Gasteiger partial charge in [0.2, 0.25) is 17.8 Å². The number of rotatable bonds is 12. The number of benzene rings is 2. The predicted molar refractivity (Wildman–Crippen MR) is 240 cm³/mol. The molecule has 2 aromatic heterocycles. The Balaban J connectivity index is 0.745. The average molecular weight is 893 g/mol. The van der Waals surface area contributed by atoms with E-state index in [0.29, 0.717) is 45.8 Å². The number of imide groups is 2. The number of aromatic nitrogens is 3. The van der Waals surface area contributed by atoms with Gasteiger partial charge in [0, 0.05) is 69.3 Å². The average Bonchev–Trinajstić information content (AvgIpc) is 3.52. The number of likely N-dealkylation sites (N-methyl/N-ethyl adjacent to an activating group) is 1. The number of piperazine rings is 1. The normalized spacial score (nSPS) is 22.2. The molecular formula is C46H53ClN10O7. The second-order valence-electron chi connectivity index (χ2n) is 17.8. The Kier molecular flexibility index (Phi) is 12.1. The maximum atomic E-state index is 13.4. The van der Waals surface area contributed by atoms with Gasteiger partial charge in [-0.2, -0.15) is 4.98 Å². The minimum absolute atomic E-state index is 0.0936. The summed E-state index contributed by atoms with van der Waals surface area (Å²) in [5, 5.41) is 9.24. The summed E-state index contributed by atoms with van der Waals surface area (Å²) < 4.78 is 7.27. The molecule has 18 heteroatoms. The van der Waals surface area contributed by atoms with Crippen molar-refractivity contribution in [3.63, 3.8) is 0 Å². The van der Waals surface area contributed by atoms with Crippen LogP contribution in [-0.2, 0) is 14.4 Å². The fourth-order valence-electron chi connectivity index (χ4n) is 9.95. The van der Waals surface area contributed by atoms with Crippen LogP contribution in [0.1, 0.15) is 90.6 Å². The van der Waals surface area contributed by atoms with Gasteiger partial charge in [0.15, 0.2) is 18.2 Å². The number of halogens is 1. The van der Waals surface area contributed by atoms with Crippen LogP contribution in [0, 0.1) is 5.92 Å². The Morgan fingerprint density at radius 1 is 0.922 bits per heavy atom. The monoisotopic (exact) mass is 892 g/mol. The van der Waals surface area contributed by atoms with Crippen LogP contribution in [0.4, 0.5) is 17.5 Å². The highest BCUT2D eigenvalue weighted by Gasteiger charge is 2.45. The van der Waals surface area contributed by atoms with Gasteiger partial charge in [-0.3, -0.25) is 43.9 Å². The van der Waals surface area contributed by atoms with Gasteiger partial charge in [-0.05, 0) is 113 Å². The highest BCUT2D eigenvalue weighted by molar-refractivity contribution is 6.33. The molecule has 336 valence electrons. The minimum Gasteiger partial charge on any atom is -0.478 e. The van der Waals surface area contributed by atoms with Crippen molar-refractivity contribution in [2.45, 2.75) is 76.4 Å². The van der Waals surface area contributed by atoms with Crippen molar-refractivity contribution in [2.75, 3.05) is 69.7 Å². The molecule has 3 saturated heterocycles. The van der Waals surface area contributed by atoms with Crippen LogP contribution in [0.2, 0.25) is 5.02 Å². The molecule has 6 heterocycles. The van der Waals surface area contributed by atoms with Gasteiger partial charge in [-0.1, -0.05) is 17.7 Å². The molecule has 2 aromatic carbocycles. The van der Waals surface area contributed by atoms with Crippen LogP contribution in [0.15, 0.2) is 53.5 Å². The van der Waals surface area contributed by atoms with Gasteiger partial charge in [-0.25, -0.2) is 4.98 Å². The third-order valence-electron chi connectivity index (χ3n) is 13.5. The predicted octanol–water partition coefficient (Wildman–Crippen LogP) is 4.08. The summed E-state index contributed by atoms with van der Waals surface area (Å²) in [7, 11) is 1.51. The Morgan fingerprint density at radius 2 is 1.67 bits per heavy atom. The molecule has 1 unspecified atom stereocenters. The van der Waals surface area contributed by atoms with Crippen molar-refractivity contribution < 1.29 is 28.7 Å². The fourth-order valence-corrected chi connectivity index (χ4v) is 10.1. The summed E-state index contributed by atoms with van der Waals surface area (Å²) in [4.78, 5) is 93.5. The molecule has 64 heavy (non-hydrogen) atoms.